The molecular formula is C25H35N3O6. The van der Waals surface area contributed by atoms with E-state index in [4.69, 9.17) is 9.47 Å². The maximum Gasteiger partial charge on any atom is 0.410 e. The second-order valence-corrected chi connectivity index (χ2v) is 9.62. The standard InChI is InChI=1S/C25H35N3O6/c1-33-23(31)20(7-12-26-14-11-25(9-10-25)21(29)17-26)28-16-15-27(13-8-22(28)30)24(32)34-18-19-5-3-2-4-6-19/h2-6,20-21,29H,7-18H2,1H3/t20-,21+/m0/s1. The molecule has 1 saturated carbocycles. The Hall–Kier alpha value is -2.65. The highest BCUT2D eigenvalue weighted by Crippen LogP contribution is 2.53. The summed E-state index contributed by atoms with van der Waals surface area (Å²) in [5.41, 5.74) is 1.02. The fourth-order valence-corrected chi connectivity index (χ4v) is 5.03. The highest BCUT2D eigenvalue weighted by atomic mass is 16.6. The first-order chi connectivity index (χ1) is 16.4. The molecule has 2 aliphatic heterocycles. The van der Waals surface area contributed by atoms with Gasteiger partial charge in [0.25, 0.3) is 0 Å². The van der Waals surface area contributed by atoms with E-state index in [1.165, 1.54) is 12.0 Å². The molecule has 34 heavy (non-hydrogen) atoms. The number of amides is 2. The number of rotatable bonds is 7. The summed E-state index contributed by atoms with van der Waals surface area (Å²) in [6.07, 6.45) is 2.92. The molecule has 0 radical (unpaired) electrons. The van der Waals surface area contributed by atoms with Crippen molar-refractivity contribution in [1.82, 2.24) is 14.7 Å². The van der Waals surface area contributed by atoms with Gasteiger partial charge in [-0.1, -0.05) is 30.3 Å². The van der Waals surface area contributed by atoms with Gasteiger partial charge in [-0.25, -0.2) is 9.59 Å². The molecule has 3 aliphatic rings. The van der Waals surface area contributed by atoms with Gasteiger partial charge in [0.2, 0.25) is 5.91 Å². The summed E-state index contributed by atoms with van der Waals surface area (Å²) in [6, 6.07) is 8.71. The summed E-state index contributed by atoms with van der Waals surface area (Å²) in [5.74, 6) is -0.631. The maximum absolute atomic E-state index is 12.9. The van der Waals surface area contributed by atoms with Crippen LogP contribution >= 0.6 is 0 Å². The number of nitrogens with zero attached hydrogens (tertiary/aromatic N) is 3. The van der Waals surface area contributed by atoms with Crippen molar-refractivity contribution in [3.8, 4) is 0 Å². The number of hydrogen-bond acceptors (Lipinski definition) is 7. The topological polar surface area (TPSA) is 99.6 Å². The summed E-state index contributed by atoms with van der Waals surface area (Å²) in [4.78, 5) is 43.3. The van der Waals surface area contributed by atoms with Crippen LogP contribution in [0, 0.1) is 5.41 Å². The number of benzene rings is 1. The zero-order chi connectivity index (χ0) is 24.1. The fourth-order valence-electron chi connectivity index (χ4n) is 5.03. The maximum atomic E-state index is 12.9. The average molecular weight is 474 g/mol. The van der Waals surface area contributed by atoms with Crippen molar-refractivity contribution in [1.29, 1.82) is 0 Å². The van der Waals surface area contributed by atoms with Crippen LogP contribution in [-0.2, 0) is 25.7 Å². The third-order valence-electron chi connectivity index (χ3n) is 7.51. The lowest BCUT2D eigenvalue weighted by molar-refractivity contribution is -0.153. The second-order valence-electron chi connectivity index (χ2n) is 9.62. The van der Waals surface area contributed by atoms with E-state index in [9.17, 15) is 19.5 Å². The van der Waals surface area contributed by atoms with Crippen molar-refractivity contribution in [3.05, 3.63) is 35.9 Å². The predicted octanol–water partition coefficient (Wildman–Crippen LogP) is 1.64. The number of piperidine rings is 1. The van der Waals surface area contributed by atoms with Gasteiger partial charge in [-0.2, -0.15) is 0 Å². The predicted molar refractivity (Wildman–Crippen MR) is 124 cm³/mol. The smallest absolute Gasteiger partial charge is 0.410 e. The van der Waals surface area contributed by atoms with E-state index in [-0.39, 0.29) is 50.1 Å². The van der Waals surface area contributed by atoms with Crippen LogP contribution in [0.25, 0.3) is 0 Å². The zero-order valence-electron chi connectivity index (χ0n) is 19.9. The lowest BCUT2D eigenvalue weighted by Gasteiger charge is -2.37. The minimum Gasteiger partial charge on any atom is -0.467 e. The van der Waals surface area contributed by atoms with Gasteiger partial charge in [0, 0.05) is 39.1 Å². The fraction of sp³-hybridized carbons (Fsp3) is 0.640. The molecule has 9 heteroatoms. The van der Waals surface area contributed by atoms with Gasteiger partial charge in [-0.15, -0.1) is 0 Å². The van der Waals surface area contributed by atoms with Crippen LogP contribution in [0.3, 0.4) is 0 Å². The van der Waals surface area contributed by atoms with Crippen molar-refractivity contribution < 1.29 is 29.0 Å². The van der Waals surface area contributed by atoms with Crippen LogP contribution in [0.5, 0.6) is 0 Å². The SMILES string of the molecule is COC(=O)[C@H](CCN1CCC2(CC2)[C@H](O)C1)N1CCN(C(=O)OCc2ccccc2)CCC1=O. The van der Waals surface area contributed by atoms with E-state index >= 15 is 0 Å². The molecule has 4 rings (SSSR count). The molecule has 3 fully saturated rings. The molecule has 186 valence electrons. The van der Waals surface area contributed by atoms with Crippen LogP contribution in [0.15, 0.2) is 30.3 Å². The van der Waals surface area contributed by atoms with Crippen LogP contribution in [-0.4, -0.2) is 96.3 Å². The molecule has 1 N–H and O–H groups in total. The van der Waals surface area contributed by atoms with E-state index in [1.54, 1.807) is 4.90 Å². The normalized spacial score (nSPS) is 23.4. The van der Waals surface area contributed by atoms with Gasteiger partial charge >= 0.3 is 12.1 Å². The summed E-state index contributed by atoms with van der Waals surface area (Å²) in [5, 5.41) is 10.5. The van der Waals surface area contributed by atoms with Crippen molar-refractivity contribution in [2.45, 2.75) is 50.9 Å². The number of carbonyl (C=O) groups is 3. The molecule has 0 aromatic heterocycles. The summed E-state index contributed by atoms with van der Waals surface area (Å²) >= 11 is 0. The van der Waals surface area contributed by atoms with Crippen LogP contribution in [0.2, 0.25) is 0 Å². The lowest BCUT2D eigenvalue weighted by Crippen LogP contribution is -2.50. The van der Waals surface area contributed by atoms with E-state index in [2.05, 4.69) is 4.90 Å². The first-order valence-corrected chi connectivity index (χ1v) is 12.2. The Morgan fingerprint density at radius 2 is 1.88 bits per heavy atom. The number of methoxy groups -OCH3 is 1. The molecule has 1 aromatic carbocycles. The third-order valence-corrected chi connectivity index (χ3v) is 7.51. The van der Waals surface area contributed by atoms with Gasteiger partial charge in [0.05, 0.1) is 13.2 Å². The highest BCUT2D eigenvalue weighted by Gasteiger charge is 2.51. The Labute approximate surface area is 200 Å². The lowest BCUT2D eigenvalue weighted by atomic mass is 9.90. The van der Waals surface area contributed by atoms with E-state index in [1.807, 2.05) is 30.3 Å². The Balaban J connectivity index is 1.32. The van der Waals surface area contributed by atoms with Crippen LogP contribution in [0.4, 0.5) is 4.79 Å². The highest BCUT2D eigenvalue weighted by molar-refractivity contribution is 5.85. The summed E-state index contributed by atoms with van der Waals surface area (Å²) < 4.78 is 10.4. The number of hydrogen-bond donors (Lipinski definition) is 1. The number of β-amino-alcohol motifs (C(OH)–C–C–N with tert-alkyl or cyclic N) is 1. The molecule has 1 aliphatic carbocycles. The number of esters is 1. The van der Waals surface area contributed by atoms with Gasteiger partial charge in [-0.3, -0.25) is 4.79 Å². The van der Waals surface area contributed by atoms with Gasteiger partial charge in [0.15, 0.2) is 0 Å². The van der Waals surface area contributed by atoms with Crippen molar-refractivity contribution in [2.75, 3.05) is 46.4 Å². The van der Waals surface area contributed by atoms with E-state index in [0.717, 1.165) is 31.4 Å². The Bertz CT molecular complexity index is 875. The quantitative estimate of drug-likeness (QED) is 0.601. The molecule has 0 bridgehead atoms. The molecule has 1 aromatic rings. The van der Waals surface area contributed by atoms with Gasteiger partial charge in [-0.05, 0) is 43.2 Å². The van der Waals surface area contributed by atoms with Gasteiger partial charge < -0.3 is 29.3 Å². The average Bonchev–Trinajstić information content (AvgIpc) is 3.66. The van der Waals surface area contributed by atoms with E-state index in [0.29, 0.717) is 19.5 Å². The number of ether oxygens (including phenoxy) is 2. The zero-order valence-corrected chi connectivity index (χ0v) is 19.9. The summed E-state index contributed by atoms with van der Waals surface area (Å²) in [6.45, 7) is 3.03. The third kappa shape index (κ3) is 5.70. The monoisotopic (exact) mass is 473 g/mol. The molecule has 2 saturated heterocycles. The Kier molecular flexibility index (Phi) is 7.73. The first-order valence-electron chi connectivity index (χ1n) is 12.2. The molecule has 2 atom stereocenters. The number of aliphatic hydroxyl groups excluding tert-OH is 1. The molecule has 1 spiro atoms. The molecule has 2 amide bonds. The number of aliphatic hydroxyl groups is 1. The second kappa shape index (κ2) is 10.7. The van der Waals surface area contributed by atoms with Crippen molar-refractivity contribution in [3.63, 3.8) is 0 Å². The minimum absolute atomic E-state index is 0.123. The van der Waals surface area contributed by atoms with Crippen LogP contribution in [0.1, 0.15) is 37.7 Å². The van der Waals surface area contributed by atoms with E-state index < -0.39 is 18.1 Å². The molecule has 2 heterocycles. The van der Waals surface area contributed by atoms with Crippen molar-refractivity contribution >= 4 is 18.0 Å². The van der Waals surface area contributed by atoms with Crippen molar-refractivity contribution in [2.24, 2.45) is 5.41 Å². The molecule has 0 unspecified atom stereocenters. The largest absolute Gasteiger partial charge is 0.467 e. The summed E-state index contributed by atoms with van der Waals surface area (Å²) in [7, 11) is 1.33. The van der Waals surface area contributed by atoms with Crippen LogP contribution < -0.4 is 0 Å². The molecule has 9 nitrogen and oxygen atoms in total. The minimum atomic E-state index is -0.716. The Morgan fingerprint density at radius 3 is 2.56 bits per heavy atom. The number of likely N-dealkylation sites (tertiary alicyclic amines) is 1. The molecular weight excluding hydrogens is 438 g/mol. The first kappa shape index (κ1) is 24.5. The number of carbonyl (C=O) groups excluding carboxylic acids is 3. The Morgan fingerprint density at radius 1 is 1.12 bits per heavy atom. The van der Waals surface area contributed by atoms with Gasteiger partial charge in [0.1, 0.15) is 12.6 Å².